The van der Waals surface area contributed by atoms with E-state index in [1.807, 2.05) is 18.3 Å². The molecule has 1 saturated heterocycles. The second-order valence-electron chi connectivity index (χ2n) is 6.89. The Bertz CT molecular complexity index is 960. The van der Waals surface area contributed by atoms with Gasteiger partial charge in [-0.05, 0) is 18.9 Å². The van der Waals surface area contributed by atoms with Crippen LogP contribution in [-0.4, -0.2) is 70.7 Å². The minimum absolute atomic E-state index is 0.190. The summed E-state index contributed by atoms with van der Waals surface area (Å²) >= 11 is 0. The van der Waals surface area contributed by atoms with E-state index < -0.39 is 10.2 Å². The summed E-state index contributed by atoms with van der Waals surface area (Å²) in [6.07, 6.45) is 5.24. The zero-order valence-electron chi connectivity index (χ0n) is 14.6. The second kappa shape index (κ2) is 6.19. The lowest BCUT2D eigenvalue weighted by Crippen LogP contribution is -2.59. The molecule has 9 nitrogen and oxygen atoms in total. The molecule has 2 aromatic rings. The number of anilines is 1. The lowest BCUT2D eigenvalue weighted by atomic mass is 10.2. The molecule has 0 atom stereocenters. The predicted octanol–water partition coefficient (Wildman–Crippen LogP) is 0.703. The maximum absolute atomic E-state index is 13.0. The molecule has 1 saturated carbocycles. The first kappa shape index (κ1) is 17.2. The zero-order chi connectivity index (χ0) is 18.4. The number of hydrogen-bond acceptors (Lipinski definition) is 6. The third-order valence-corrected chi connectivity index (χ3v) is 7.35. The van der Waals surface area contributed by atoms with Crippen molar-refractivity contribution in [3.8, 4) is 6.07 Å². The average molecular weight is 375 g/mol. The predicted molar refractivity (Wildman–Crippen MR) is 96.6 cm³/mol. The molecule has 4 rings (SSSR count). The maximum atomic E-state index is 13.0. The van der Waals surface area contributed by atoms with Crippen molar-refractivity contribution < 1.29 is 8.42 Å². The van der Waals surface area contributed by atoms with Crippen LogP contribution in [0.25, 0.3) is 11.0 Å². The van der Waals surface area contributed by atoms with E-state index in [0.29, 0.717) is 19.6 Å². The lowest BCUT2D eigenvalue weighted by molar-refractivity contribution is 0.251. The van der Waals surface area contributed by atoms with Gasteiger partial charge in [-0.2, -0.15) is 22.3 Å². The van der Waals surface area contributed by atoms with Crippen LogP contribution in [0, 0.1) is 11.3 Å². The third kappa shape index (κ3) is 2.72. The van der Waals surface area contributed by atoms with E-state index in [2.05, 4.69) is 19.9 Å². The molecule has 0 aromatic carbocycles. The summed E-state index contributed by atoms with van der Waals surface area (Å²) in [4.78, 5) is 13.9. The largest absolute Gasteiger partial charge is 0.353 e. The molecule has 0 unspecified atom stereocenters. The molecule has 3 heterocycles. The molecule has 0 amide bonds. The fraction of sp³-hybridized carbons (Fsp3) is 0.562. The van der Waals surface area contributed by atoms with Crippen LogP contribution in [0.1, 0.15) is 19.3 Å². The van der Waals surface area contributed by atoms with E-state index in [0.717, 1.165) is 29.7 Å². The molecule has 138 valence electrons. The van der Waals surface area contributed by atoms with Gasteiger partial charge in [0.1, 0.15) is 17.8 Å². The number of rotatable bonds is 5. The Morgan fingerprint density at radius 3 is 2.92 bits per heavy atom. The van der Waals surface area contributed by atoms with Gasteiger partial charge in [-0.3, -0.25) is 0 Å². The Kier molecular flexibility index (Phi) is 4.10. The summed E-state index contributed by atoms with van der Waals surface area (Å²) < 4.78 is 28.8. The number of nitrogens with one attached hydrogen (secondary N) is 1. The van der Waals surface area contributed by atoms with Crippen LogP contribution in [0.5, 0.6) is 0 Å². The van der Waals surface area contributed by atoms with Crippen LogP contribution in [0.15, 0.2) is 18.6 Å². The van der Waals surface area contributed by atoms with Crippen LogP contribution < -0.4 is 4.90 Å². The van der Waals surface area contributed by atoms with Crippen molar-refractivity contribution in [1.82, 2.24) is 23.6 Å². The summed E-state index contributed by atoms with van der Waals surface area (Å²) in [5.74, 6) is 0.845. The molecular formula is C16H21N7O2S. The maximum Gasteiger partial charge on any atom is 0.282 e. The molecule has 1 aliphatic heterocycles. The zero-order valence-corrected chi connectivity index (χ0v) is 15.4. The van der Waals surface area contributed by atoms with Gasteiger partial charge < -0.3 is 9.88 Å². The number of nitrogens with zero attached hydrogens (tertiary/aromatic N) is 6. The second-order valence-corrected chi connectivity index (χ2v) is 8.85. The third-order valence-electron chi connectivity index (χ3n) is 5.26. The Labute approximate surface area is 152 Å². The first-order valence-corrected chi connectivity index (χ1v) is 10.0. The van der Waals surface area contributed by atoms with Crippen LogP contribution in [0.4, 0.5) is 5.82 Å². The van der Waals surface area contributed by atoms with Gasteiger partial charge in [0.25, 0.3) is 10.2 Å². The highest BCUT2D eigenvalue weighted by molar-refractivity contribution is 7.86. The molecule has 2 aromatic heterocycles. The Morgan fingerprint density at radius 1 is 1.38 bits per heavy atom. The number of aromatic nitrogens is 3. The molecular weight excluding hydrogens is 354 g/mol. The average Bonchev–Trinajstić information content (AvgIpc) is 3.20. The summed E-state index contributed by atoms with van der Waals surface area (Å²) in [6.45, 7) is 1.82. The minimum Gasteiger partial charge on any atom is -0.353 e. The van der Waals surface area contributed by atoms with Gasteiger partial charge in [-0.15, -0.1) is 0 Å². The van der Waals surface area contributed by atoms with E-state index in [1.54, 1.807) is 11.4 Å². The van der Waals surface area contributed by atoms with Crippen molar-refractivity contribution in [3.63, 3.8) is 0 Å². The van der Waals surface area contributed by atoms with Crippen molar-refractivity contribution in [2.45, 2.75) is 24.8 Å². The Morgan fingerprint density at radius 2 is 2.19 bits per heavy atom. The molecule has 10 heteroatoms. The van der Waals surface area contributed by atoms with Crippen molar-refractivity contribution in [2.75, 3.05) is 38.1 Å². The van der Waals surface area contributed by atoms with Crippen LogP contribution in [0.2, 0.25) is 0 Å². The fourth-order valence-electron chi connectivity index (χ4n) is 3.66. The standard InChI is InChI=1S/C16H21N7O2S/c1-21(8-2-6-17)26(24,25)23-10-9-22(11-16(23)4-5-16)15-13-3-7-18-14(13)19-12-20-15/h3,7,12H,2,4-5,8-11H2,1H3,(H,18,19,20). The number of aromatic amines is 1. The highest BCUT2D eigenvalue weighted by atomic mass is 32.2. The normalized spacial score (nSPS) is 20.0. The topological polar surface area (TPSA) is 109 Å². The van der Waals surface area contributed by atoms with Gasteiger partial charge in [0.2, 0.25) is 0 Å². The highest BCUT2D eigenvalue weighted by Crippen LogP contribution is 2.47. The van der Waals surface area contributed by atoms with Gasteiger partial charge in [-0.1, -0.05) is 0 Å². The van der Waals surface area contributed by atoms with Crippen LogP contribution in [0.3, 0.4) is 0 Å². The number of H-pyrrole nitrogens is 1. The van der Waals surface area contributed by atoms with Crippen molar-refractivity contribution in [3.05, 3.63) is 18.6 Å². The van der Waals surface area contributed by atoms with E-state index >= 15 is 0 Å². The number of hydrogen-bond donors (Lipinski definition) is 1. The fourth-order valence-corrected chi connectivity index (χ4v) is 5.36. The first-order chi connectivity index (χ1) is 12.5. The SMILES string of the molecule is CN(CCC#N)S(=O)(=O)N1CCN(c2ncnc3[nH]ccc23)CC12CC2. The smallest absolute Gasteiger partial charge is 0.282 e. The van der Waals surface area contributed by atoms with Gasteiger partial charge in [-0.25, -0.2) is 9.97 Å². The first-order valence-electron chi connectivity index (χ1n) is 8.62. The van der Waals surface area contributed by atoms with Crippen molar-refractivity contribution >= 4 is 27.1 Å². The van der Waals surface area contributed by atoms with Gasteiger partial charge in [0.15, 0.2) is 0 Å². The van der Waals surface area contributed by atoms with Crippen molar-refractivity contribution in [1.29, 1.82) is 5.26 Å². The Hall–Kier alpha value is -2.22. The van der Waals surface area contributed by atoms with Crippen molar-refractivity contribution in [2.24, 2.45) is 0 Å². The summed E-state index contributed by atoms with van der Waals surface area (Å²) in [5, 5.41) is 9.68. The lowest BCUT2D eigenvalue weighted by Gasteiger charge is -2.42. The molecule has 0 bridgehead atoms. The Balaban J connectivity index is 1.58. The summed E-state index contributed by atoms with van der Waals surface area (Å²) in [7, 11) is -2.02. The number of nitriles is 1. The molecule has 1 spiro atoms. The van der Waals surface area contributed by atoms with Gasteiger partial charge >= 0.3 is 0 Å². The molecule has 1 N–H and O–H groups in total. The van der Waals surface area contributed by atoms with Gasteiger partial charge in [0, 0.05) is 45.8 Å². The molecule has 2 fully saturated rings. The van der Waals surface area contributed by atoms with E-state index in [4.69, 9.17) is 5.26 Å². The van der Waals surface area contributed by atoms with Crippen LogP contribution in [-0.2, 0) is 10.2 Å². The minimum atomic E-state index is -3.57. The summed E-state index contributed by atoms with van der Waals surface area (Å²) in [5.41, 5.74) is 0.414. The monoisotopic (exact) mass is 375 g/mol. The number of piperazine rings is 1. The molecule has 26 heavy (non-hydrogen) atoms. The van der Waals surface area contributed by atoms with Gasteiger partial charge in [0.05, 0.1) is 17.0 Å². The van der Waals surface area contributed by atoms with E-state index in [-0.39, 0.29) is 18.5 Å². The van der Waals surface area contributed by atoms with E-state index in [1.165, 1.54) is 10.6 Å². The highest BCUT2D eigenvalue weighted by Gasteiger charge is 2.56. The van der Waals surface area contributed by atoms with E-state index in [9.17, 15) is 8.42 Å². The number of fused-ring (bicyclic) bond motifs is 1. The van der Waals surface area contributed by atoms with Crippen LogP contribution >= 0.6 is 0 Å². The molecule has 2 aliphatic rings. The molecule has 0 radical (unpaired) electrons. The summed E-state index contributed by atoms with van der Waals surface area (Å²) in [6, 6.07) is 3.95. The molecule has 1 aliphatic carbocycles. The quantitative estimate of drug-likeness (QED) is 0.824.